The van der Waals surface area contributed by atoms with Crippen molar-refractivity contribution in [2.24, 2.45) is 0 Å². The second-order valence-electron chi connectivity index (χ2n) is 9.72. The summed E-state index contributed by atoms with van der Waals surface area (Å²) in [6, 6.07) is 13.7. The highest BCUT2D eigenvalue weighted by atomic mass is 35.5. The molecule has 1 aromatic heterocycles. The van der Waals surface area contributed by atoms with Gasteiger partial charge in [-0.2, -0.15) is 0 Å². The highest BCUT2D eigenvalue weighted by Crippen LogP contribution is 2.21. The molecule has 0 aliphatic heterocycles. The number of ether oxygens (including phenoxy) is 1. The van der Waals surface area contributed by atoms with E-state index < -0.39 is 23.6 Å². The van der Waals surface area contributed by atoms with E-state index in [0.29, 0.717) is 30.6 Å². The number of nitrogens with one attached hydrogen (secondary N) is 1. The Morgan fingerprint density at radius 1 is 1.19 bits per heavy atom. The first-order valence-corrected chi connectivity index (χ1v) is 12.6. The SMILES string of the molecule is CN(C(=O)CCc1cccc(Cl)c1F)[C@@H](CCCC(C)(C)O)COC(=O)Nc1cc2ccccc2cn1. The minimum absolute atomic E-state index is 0.0168. The number of fused-ring (bicyclic) bond motifs is 1. The Morgan fingerprint density at radius 2 is 1.92 bits per heavy atom. The normalized spacial score (nSPS) is 12.3. The molecule has 9 heteroatoms. The number of carbonyl (C=O) groups is 2. The largest absolute Gasteiger partial charge is 0.447 e. The second-order valence-corrected chi connectivity index (χ2v) is 10.1. The van der Waals surface area contributed by atoms with E-state index in [1.807, 2.05) is 24.3 Å². The zero-order chi connectivity index (χ0) is 27.0. The Kier molecular flexibility index (Phi) is 9.83. The number of carbonyl (C=O) groups excluding carboxylic acids is 2. The maximum atomic E-state index is 14.2. The minimum atomic E-state index is -0.850. The molecule has 37 heavy (non-hydrogen) atoms. The fourth-order valence-electron chi connectivity index (χ4n) is 3.99. The molecule has 2 amide bonds. The number of hydrogen-bond donors (Lipinski definition) is 2. The van der Waals surface area contributed by atoms with Crippen molar-refractivity contribution in [3.63, 3.8) is 0 Å². The number of halogens is 2. The number of amides is 2. The number of aliphatic hydroxyl groups is 1. The quantitative estimate of drug-likeness (QED) is 0.319. The lowest BCUT2D eigenvalue weighted by atomic mass is 9.99. The summed E-state index contributed by atoms with van der Waals surface area (Å²) in [4.78, 5) is 31.2. The lowest BCUT2D eigenvalue weighted by Gasteiger charge is -2.29. The smallest absolute Gasteiger partial charge is 0.412 e. The fraction of sp³-hybridized carbons (Fsp3) is 0.393. The summed E-state index contributed by atoms with van der Waals surface area (Å²) in [5.74, 6) is -0.383. The van der Waals surface area contributed by atoms with E-state index in [9.17, 15) is 19.1 Å². The van der Waals surface area contributed by atoms with Crippen LogP contribution in [0.4, 0.5) is 15.0 Å². The van der Waals surface area contributed by atoms with Crippen LogP contribution in [0.25, 0.3) is 10.8 Å². The topological polar surface area (TPSA) is 91.8 Å². The molecule has 0 unspecified atom stereocenters. The summed E-state index contributed by atoms with van der Waals surface area (Å²) >= 11 is 5.84. The van der Waals surface area contributed by atoms with Gasteiger partial charge in [-0.25, -0.2) is 14.2 Å². The van der Waals surface area contributed by atoms with E-state index in [2.05, 4.69) is 10.3 Å². The van der Waals surface area contributed by atoms with Gasteiger partial charge < -0.3 is 14.7 Å². The third-order valence-electron chi connectivity index (χ3n) is 6.17. The van der Waals surface area contributed by atoms with Crippen molar-refractivity contribution in [2.45, 2.75) is 57.6 Å². The monoisotopic (exact) mass is 529 g/mol. The molecule has 198 valence electrons. The Labute approximate surface area is 221 Å². The van der Waals surface area contributed by atoms with Gasteiger partial charge in [-0.15, -0.1) is 0 Å². The van der Waals surface area contributed by atoms with Crippen LogP contribution in [0.5, 0.6) is 0 Å². The van der Waals surface area contributed by atoms with Crippen LogP contribution in [-0.4, -0.2) is 52.3 Å². The molecule has 3 aromatic rings. The Hall–Kier alpha value is -3.23. The summed E-state index contributed by atoms with van der Waals surface area (Å²) in [6.45, 7) is 3.40. The number of aryl methyl sites for hydroxylation is 1. The molecule has 1 atom stereocenters. The molecule has 1 heterocycles. The summed E-state index contributed by atoms with van der Waals surface area (Å²) in [5, 5.41) is 14.6. The van der Waals surface area contributed by atoms with Crippen molar-refractivity contribution in [3.05, 3.63) is 71.1 Å². The molecule has 0 saturated carbocycles. The van der Waals surface area contributed by atoms with Crippen molar-refractivity contribution in [2.75, 3.05) is 19.0 Å². The number of benzene rings is 2. The van der Waals surface area contributed by atoms with Crippen molar-refractivity contribution in [1.29, 1.82) is 0 Å². The molecule has 0 saturated heterocycles. The number of likely N-dealkylation sites (N-methyl/N-ethyl adjacent to an activating group) is 1. The number of anilines is 1. The molecule has 2 aromatic carbocycles. The van der Waals surface area contributed by atoms with E-state index in [-0.39, 0.29) is 30.4 Å². The lowest BCUT2D eigenvalue weighted by Crippen LogP contribution is -2.41. The first kappa shape index (κ1) is 28.3. The molecule has 0 aliphatic carbocycles. The predicted molar refractivity (Wildman–Crippen MR) is 143 cm³/mol. The number of nitrogens with zero attached hydrogens (tertiary/aromatic N) is 2. The van der Waals surface area contributed by atoms with Gasteiger partial charge >= 0.3 is 6.09 Å². The van der Waals surface area contributed by atoms with Gasteiger partial charge in [0.2, 0.25) is 5.91 Å². The number of pyridine rings is 1. The van der Waals surface area contributed by atoms with Gasteiger partial charge in [0.15, 0.2) is 0 Å². The molecule has 0 aliphatic rings. The van der Waals surface area contributed by atoms with E-state index in [1.165, 1.54) is 11.0 Å². The zero-order valence-electron chi connectivity index (χ0n) is 21.3. The zero-order valence-corrected chi connectivity index (χ0v) is 22.1. The third kappa shape index (κ3) is 8.68. The van der Waals surface area contributed by atoms with E-state index in [0.717, 1.165) is 10.8 Å². The van der Waals surface area contributed by atoms with Gasteiger partial charge in [0.25, 0.3) is 0 Å². The van der Waals surface area contributed by atoms with Crippen LogP contribution in [-0.2, 0) is 16.0 Å². The van der Waals surface area contributed by atoms with Crippen LogP contribution in [0.3, 0.4) is 0 Å². The standard InChI is InChI=1S/C28H33ClFN3O4/c1-28(2,36)15-7-11-22(33(3)25(34)14-13-19-10-6-12-23(29)26(19)30)18-37-27(35)32-24-16-20-8-4-5-9-21(20)17-31-24/h4-6,8-10,12,16-17,22,36H,7,11,13-15,18H2,1-3H3,(H,31,32,35)/t22-/m0/s1. The van der Waals surface area contributed by atoms with Crippen LogP contribution in [0.1, 0.15) is 45.1 Å². The van der Waals surface area contributed by atoms with Gasteiger partial charge in [-0.3, -0.25) is 10.1 Å². The van der Waals surface area contributed by atoms with Crippen molar-refractivity contribution >= 4 is 40.2 Å². The first-order valence-electron chi connectivity index (χ1n) is 12.2. The summed E-state index contributed by atoms with van der Waals surface area (Å²) < 4.78 is 19.7. The maximum Gasteiger partial charge on any atom is 0.412 e. The van der Waals surface area contributed by atoms with Gasteiger partial charge in [-0.05, 0) is 62.6 Å². The highest BCUT2D eigenvalue weighted by molar-refractivity contribution is 6.30. The Balaban J connectivity index is 1.60. The summed E-state index contributed by atoms with van der Waals surface area (Å²) in [5.41, 5.74) is -0.483. The average molecular weight is 530 g/mol. The first-order chi connectivity index (χ1) is 17.5. The molecule has 7 nitrogen and oxygen atoms in total. The maximum absolute atomic E-state index is 14.2. The molecule has 0 spiro atoms. The molecule has 0 radical (unpaired) electrons. The number of rotatable bonds is 11. The fourth-order valence-corrected chi connectivity index (χ4v) is 4.18. The van der Waals surface area contributed by atoms with Crippen LogP contribution >= 0.6 is 11.6 Å². The van der Waals surface area contributed by atoms with E-state index >= 15 is 0 Å². The number of hydrogen-bond acceptors (Lipinski definition) is 5. The van der Waals surface area contributed by atoms with Crippen molar-refractivity contribution < 1.29 is 23.8 Å². The van der Waals surface area contributed by atoms with Gasteiger partial charge in [0, 0.05) is 25.1 Å². The Bertz CT molecular complexity index is 1230. The predicted octanol–water partition coefficient (Wildman–Crippen LogP) is 5.98. The minimum Gasteiger partial charge on any atom is -0.447 e. The van der Waals surface area contributed by atoms with E-state index in [4.69, 9.17) is 16.3 Å². The summed E-state index contributed by atoms with van der Waals surface area (Å²) in [7, 11) is 1.64. The molecular weight excluding hydrogens is 497 g/mol. The number of aromatic nitrogens is 1. The van der Waals surface area contributed by atoms with Crippen molar-refractivity contribution in [1.82, 2.24) is 9.88 Å². The molecule has 0 fully saturated rings. The van der Waals surface area contributed by atoms with Gasteiger partial charge in [0.1, 0.15) is 18.2 Å². The molecule has 0 bridgehead atoms. The van der Waals surface area contributed by atoms with Crippen LogP contribution in [0.2, 0.25) is 5.02 Å². The third-order valence-corrected chi connectivity index (χ3v) is 6.47. The highest BCUT2D eigenvalue weighted by Gasteiger charge is 2.23. The van der Waals surface area contributed by atoms with Crippen LogP contribution in [0.15, 0.2) is 54.7 Å². The van der Waals surface area contributed by atoms with Crippen molar-refractivity contribution in [3.8, 4) is 0 Å². The molecule has 2 N–H and O–H groups in total. The van der Waals surface area contributed by atoms with E-state index in [1.54, 1.807) is 45.3 Å². The van der Waals surface area contributed by atoms with Crippen LogP contribution < -0.4 is 5.32 Å². The molecular formula is C28H33ClFN3O4. The Morgan fingerprint density at radius 3 is 2.65 bits per heavy atom. The molecule has 3 rings (SSSR count). The van der Waals surface area contributed by atoms with Gasteiger partial charge in [-0.1, -0.05) is 48.0 Å². The summed E-state index contributed by atoms with van der Waals surface area (Å²) in [6.07, 6.45) is 2.90. The van der Waals surface area contributed by atoms with Gasteiger partial charge in [0.05, 0.1) is 16.7 Å². The average Bonchev–Trinajstić information content (AvgIpc) is 2.85. The lowest BCUT2D eigenvalue weighted by molar-refractivity contribution is -0.133. The van der Waals surface area contributed by atoms with Crippen LogP contribution in [0, 0.1) is 5.82 Å². The second kappa shape index (κ2) is 12.8.